The molecule has 1 N–H and O–H groups in total. The molecule has 6 nitrogen and oxygen atoms in total. The number of aromatic nitrogens is 1. The van der Waals surface area contributed by atoms with Gasteiger partial charge in [0.1, 0.15) is 5.69 Å². The van der Waals surface area contributed by atoms with E-state index in [9.17, 15) is 9.59 Å². The van der Waals surface area contributed by atoms with Crippen LogP contribution in [0.25, 0.3) is 11.3 Å². The van der Waals surface area contributed by atoms with Crippen LogP contribution < -0.4 is 5.32 Å². The highest BCUT2D eigenvalue weighted by Gasteiger charge is 2.26. The summed E-state index contributed by atoms with van der Waals surface area (Å²) in [7, 11) is 0. The molecule has 1 amide bonds. The third kappa shape index (κ3) is 3.75. The second-order valence-electron chi connectivity index (χ2n) is 5.28. The van der Waals surface area contributed by atoms with Crippen molar-refractivity contribution in [2.24, 2.45) is 0 Å². The summed E-state index contributed by atoms with van der Waals surface area (Å²) in [4.78, 5) is 24.8. The molecule has 0 fully saturated rings. The molecule has 2 aromatic carbocycles. The number of benzene rings is 2. The van der Waals surface area contributed by atoms with E-state index in [1.54, 1.807) is 61.5 Å². The van der Waals surface area contributed by atoms with Crippen molar-refractivity contribution in [2.45, 2.75) is 6.92 Å². The Bertz CT molecular complexity index is 920. The van der Waals surface area contributed by atoms with Gasteiger partial charge < -0.3 is 9.26 Å². The van der Waals surface area contributed by atoms with Gasteiger partial charge in [0.25, 0.3) is 5.91 Å². The summed E-state index contributed by atoms with van der Waals surface area (Å²) in [6.45, 7) is 1.87. The first-order valence-corrected chi connectivity index (χ1v) is 8.27. The summed E-state index contributed by atoms with van der Waals surface area (Å²) in [5, 5.41) is 7.05. The first-order chi connectivity index (χ1) is 12.6. The third-order valence-electron chi connectivity index (χ3n) is 3.55. The highest BCUT2D eigenvalue weighted by atomic mass is 35.5. The van der Waals surface area contributed by atoms with E-state index in [0.29, 0.717) is 16.1 Å². The monoisotopic (exact) mass is 370 g/mol. The lowest BCUT2D eigenvalue weighted by molar-refractivity contribution is 0.0528. The van der Waals surface area contributed by atoms with Crippen molar-refractivity contribution in [2.75, 3.05) is 11.9 Å². The molecule has 7 heteroatoms. The Labute approximate surface area is 154 Å². The lowest BCUT2D eigenvalue weighted by atomic mass is 10.1. The quantitative estimate of drug-likeness (QED) is 0.672. The molecule has 26 heavy (non-hydrogen) atoms. The Kier molecular flexibility index (Phi) is 5.34. The molecule has 1 heterocycles. The molecule has 3 aromatic rings. The van der Waals surface area contributed by atoms with Gasteiger partial charge in [0, 0.05) is 16.1 Å². The predicted octanol–water partition coefficient (Wildman–Crippen LogP) is 4.42. The van der Waals surface area contributed by atoms with E-state index in [0.717, 1.165) is 0 Å². The number of hydrogen-bond acceptors (Lipinski definition) is 5. The zero-order valence-electron chi connectivity index (χ0n) is 13.9. The fraction of sp³-hybridized carbons (Fsp3) is 0.105. The maximum atomic E-state index is 12.4. The Hall–Kier alpha value is -3.12. The van der Waals surface area contributed by atoms with Crippen molar-refractivity contribution in [1.29, 1.82) is 0 Å². The number of anilines is 1. The zero-order chi connectivity index (χ0) is 18.5. The van der Waals surface area contributed by atoms with Crippen LogP contribution in [-0.2, 0) is 4.74 Å². The van der Waals surface area contributed by atoms with Crippen molar-refractivity contribution in [1.82, 2.24) is 5.16 Å². The standard InChI is InChI=1S/C19H15ClN2O4/c1-2-25-19(24)15-16(12-8-10-14(20)11-9-12)22-26-18(15)21-17(23)13-6-4-3-5-7-13/h3-11H,2H2,1H3,(H,21,23). The van der Waals surface area contributed by atoms with Gasteiger partial charge in [-0.05, 0) is 31.2 Å². The van der Waals surface area contributed by atoms with E-state index in [-0.39, 0.29) is 23.7 Å². The molecule has 0 aliphatic carbocycles. The van der Waals surface area contributed by atoms with Gasteiger partial charge in [0.2, 0.25) is 5.88 Å². The lowest BCUT2D eigenvalue weighted by Gasteiger charge is -2.06. The number of nitrogens with one attached hydrogen (secondary N) is 1. The molecule has 0 atom stereocenters. The number of esters is 1. The highest BCUT2D eigenvalue weighted by molar-refractivity contribution is 6.30. The molecule has 0 bridgehead atoms. The van der Waals surface area contributed by atoms with E-state index in [1.807, 2.05) is 0 Å². The SMILES string of the molecule is CCOC(=O)c1c(-c2ccc(Cl)cc2)noc1NC(=O)c1ccccc1. The van der Waals surface area contributed by atoms with Gasteiger partial charge in [-0.1, -0.05) is 47.1 Å². The number of nitrogens with zero attached hydrogens (tertiary/aromatic N) is 1. The molecule has 0 spiro atoms. The lowest BCUT2D eigenvalue weighted by Crippen LogP contribution is -2.15. The molecule has 0 saturated heterocycles. The maximum absolute atomic E-state index is 12.4. The minimum absolute atomic E-state index is 0.0541. The van der Waals surface area contributed by atoms with E-state index in [2.05, 4.69) is 10.5 Å². The number of amides is 1. The van der Waals surface area contributed by atoms with Gasteiger partial charge in [-0.2, -0.15) is 0 Å². The third-order valence-corrected chi connectivity index (χ3v) is 3.80. The summed E-state index contributed by atoms with van der Waals surface area (Å²) in [5.74, 6) is -1.13. The second-order valence-corrected chi connectivity index (χ2v) is 5.72. The van der Waals surface area contributed by atoms with Gasteiger partial charge >= 0.3 is 5.97 Å². The van der Waals surface area contributed by atoms with Crippen molar-refractivity contribution in [3.63, 3.8) is 0 Å². The van der Waals surface area contributed by atoms with E-state index in [4.69, 9.17) is 20.9 Å². The second kappa shape index (κ2) is 7.84. The van der Waals surface area contributed by atoms with Crippen LogP contribution in [0.5, 0.6) is 0 Å². The summed E-state index contributed by atoms with van der Waals surface area (Å²) in [6.07, 6.45) is 0. The zero-order valence-corrected chi connectivity index (χ0v) is 14.6. The van der Waals surface area contributed by atoms with Crippen molar-refractivity contribution < 1.29 is 18.8 Å². The Morgan fingerprint density at radius 2 is 1.81 bits per heavy atom. The number of rotatable bonds is 5. The summed E-state index contributed by atoms with van der Waals surface area (Å²) in [6, 6.07) is 15.3. The van der Waals surface area contributed by atoms with E-state index in [1.165, 1.54) is 0 Å². The van der Waals surface area contributed by atoms with E-state index < -0.39 is 11.9 Å². The maximum Gasteiger partial charge on any atom is 0.346 e. The normalized spacial score (nSPS) is 10.4. The average Bonchev–Trinajstić information content (AvgIpc) is 3.07. The minimum Gasteiger partial charge on any atom is -0.462 e. The molecule has 132 valence electrons. The fourth-order valence-electron chi connectivity index (χ4n) is 2.34. The molecule has 0 unspecified atom stereocenters. The summed E-state index contributed by atoms with van der Waals surface area (Å²) < 4.78 is 10.3. The van der Waals surface area contributed by atoms with E-state index >= 15 is 0 Å². The van der Waals surface area contributed by atoms with Gasteiger partial charge in [0.15, 0.2) is 5.56 Å². The van der Waals surface area contributed by atoms with Crippen molar-refractivity contribution in [3.8, 4) is 11.3 Å². The van der Waals surface area contributed by atoms with Crippen molar-refractivity contribution in [3.05, 3.63) is 70.7 Å². The van der Waals surface area contributed by atoms with Crippen LogP contribution in [0.4, 0.5) is 5.88 Å². The largest absolute Gasteiger partial charge is 0.462 e. The molecule has 1 aromatic heterocycles. The molecule has 0 aliphatic rings. The van der Waals surface area contributed by atoms with Crippen molar-refractivity contribution >= 4 is 29.4 Å². The van der Waals surface area contributed by atoms with Crippen LogP contribution in [0.2, 0.25) is 5.02 Å². The summed E-state index contributed by atoms with van der Waals surface area (Å²) >= 11 is 5.90. The van der Waals surface area contributed by atoms with Crippen LogP contribution in [0.15, 0.2) is 59.1 Å². The van der Waals surface area contributed by atoms with Crippen LogP contribution in [0.3, 0.4) is 0 Å². The van der Waals surface area contributed by atoms with Gasteiger partial charge in [-0.25, -0.2) is 4.79 Å². The number of carbonyl (C=O) groups excluding carboxylic acids is 2. The number of halogens is 1. The molecule has 0 aliphatic heterocycles. The Morgan fingerprint density at radius 3 is 2.46 bits per heavy atom. The van der Waals surface area contributed by atoms with Crippen LogP contribution in [-0.4, -0.2) is 23.6 Å². The first kappa shape index (κ1) is 17.7. The number of carbonyl (C=O) groups is 2. The number of ether oxygens (including phenoxy) is 1. The average molecular weight is 371 g/mol. The first-order valence-electron chi connectivity index (χ1n) is 7.89. The molecular weight excluding hydrogens is 356 g/mol. The van der Waals surface area contributed by atoms with Crippen LogP contribution >= 0.6 is 11.6 Å². The van der Waals surface area contributed by atoms with Crippen LogP contribution in [0.1, 0.15) is 27.6 Å². The Balaban J connectivity index is 1.98. The van der Waals surface area contributed by atoms with Gasteiger partial charge in [0.05, 0.1) is 6.61 Å². The summed E-state index contributed by atoms with van der Waals surface area (Å²) in [5.41, 5.74) is 1.36. The number of hydrogen-bond donors (Lipinski definition) is 1. The van der Waals surface area contributed by atoms with Crippen LogP contribution in [0, 0.1) is 0 Å². The van der Waals surface area contributed by atoms with Gasteiger partial charge in [-0.3, -0.25) is 10.1 Å². The molecule has 0 radical (unpaired) electrons. The molecule has 0 saturated carbocycles. The smallest absolute Gasteiger partial charge is 0.346 e. The molecular formula is C19H15ClN2O4. The Morgan fingerprint density at radius 1 is 1.12 bits per heavy atom. The molecule has 3 rings (SSSR count). The highest BCUT2D eigenvalue weighted by Crippen LogP contribution is 2.30. The van der Waals surface area contributed by atoms with Gasteiger partial charge in [-0.15, -0.1) is 0 Å². The minimum atomic E-state index is -0.637. The predicted molar refractivity (Wildman–Crippen MR) is 97.3 cm³/mol. The fourth-order valence-corrected chi connectivity index (χ4v) is 2.46. The topological polar surface area (TPSA) is 81.4 Å².